The van der Waals surface area contributed by atoms with Crippen molar-refractivity contribution >= 4 is 17.9 Å². The molecule has 4 rings (SSSR count). The number of nitrogens with one attached hydrogen (secondary N) is 1. The number of halogens is 1. The van der Waals surface area contributed by atoms with Gasteiger partial charge in [-0.3, -0.25) is 4.40 Å². The first-order valence-electron chi connectivity index (χ1n) is 8.19. The lowest BCUT2D eigenvalue weighted by atomic mass is 10.1. The van der Waals surface area contributed by atoms with Crippen molar-refractivity contribution in [1.29, 1.82) is 0 Å². The van der Waals surface area contributed by atoms with E-state index in [9.17, 15) is 4.39 Å². The molecule has 0 spiro atoms. The van der Waals surface area contributed by atoms with Crippen LogP contribution >= 0.6 is 12.2 Å². The number of ether oxygens (including phenoxy) is 2. The van der Waals surface area contributed by atoms with Gasteiger partial charge in [0.1, 0.15) is 23.0 Å². The summed E-state index contributed by atoms with van der Waals surface area (Å²) in [7, 11) is 3.22. The van der Waals surface area contributed by atoms with Crippen molar-refractivity contribution in [3.63, 3.8) is 0 Å². The standard InChI is InChI=1S/C20H16FN3O2S/c1-25-14-7-8-15(18(9-14)26-2)17-11-24-19(23-17)16(10-22-20(24)27)12-3-5-13(21)6-4-12/h3-11,23H,1-2H3. The molecule has 0 radical (unpaired) electrons. The zero-order valence-corrected chi connectivity index (χ0v) is 15.5. The maximum atomic E-state index is 13.3. The average Bonchev–Trinajstić information content (AvgIpc) is 3.14. The molecule has 0 saturated heterocycles. The zero-order chi connectivity index (χ0) is 19.0. The van der Waals surface area contributed by atoms with Gasteiger partial charge in [-0.05, 0) is 42.0 Å². The minimum absolute atomic E-state index is 0.286. The van der Waals surface area contributed by atoms with Crippen LogP contribution in [-0.2, 0) is 0 Å². The highest BCUT2D eigenvalue weighted by Gasteiger charge is 2.14. The molecule has 0 unspecified atom stereocenters. The van der Waals surface area contributed by atoms with Gasteiger partial charge in [0.2, 0.25) is 4.77 Å². The summed E-state index contributed by atoms with van der Waals surface area (Å²) < 4.78 is 26.3. The summed E-state index contributed by atoms with van der Waals surface area (Å²) in [5.41, 5.74) is 4.11. The first-order valence-corrected chi connectivity index (χ1v) is 8.60. The molecule has 0 bridgehead atoms. The monoisotopic (exact) mass is 381 g/mol. The Morgan fingerprint density at radius 3 is 2.52 bits per heavy atom. The van der Waals surface area contributed by atoms with Crippen LogP contribution in [0.1, 0.15) is 0 Å². The van der Waals surface area contributed by atoms with Crippen LogP contribution in [-0.4, -0.2) is 28.6 Å². The molecule has 0 aliphatic rings. The van der Waals surface area contributed by atoms with Gasteiger partial charge in [0, 0.05) is 29.6 Å². The van der Waals surface area contributed by atoms with Gasteiger partial charge in [0.15, 0.2) is 0 Å². The third-order valence-electron chi connectivity index (χ3n) is 4.37. The lowest BCUT2D eigenvalue weighted by Crippen LogP contribution is -1.92. The van der Waals surface area contributed by atoms with Gasteiger partial charge in [-0.25, -0.2) is 9.37 Å². The highest BCUT2D eigenvalue weighted by molar-refractivity contribution is 7.71. The molecule has 2 heterocycles. The summed E-state index contributed by atoms with van der Waals surface area (Å²) in [5.74, 6) is 1.09. The quantitative estimate of drug-likeness (QED) is 0.512. The number of rotatable bonds is 4. The molecule has 2 aromatic heterocycles. The maximum absolute atomic E-state index is 13.3. The van der Waals surface area contributed by atoms with E-state index in [2.05, 4.69) is 9.97 Å². The third kappa shape index (κ3) is 3.06. The number of nitrogens with zero attached hydrogens (tertiary/aromatic N) is 2. The second-order valence-electron chi connectivity index (χ2n) is 5.91. The van der Waals surface area contributed by atoms with E-state index in [1.54, 1.807) is 36.9 Å². The Hall–Kier alpha value is -3.19. The fraction of sp³-hybridized carbons (Fsp3) is 0.100. The lowest BCUT2D eigenvalue weighted by Gasteiger charge is -2.08. The van der Waals surface area contributed by atoms with Crippen molar-refractivity contribution in [3.8, 4) is 33.9 Å². The van der Waals surface area contributed by atoms with E-state index in [-0.39, 0.29) is 5.82 Å². The largest absolute Gasteiger partial charge is 0.497 e. The van der Waals surface area contributed by atoms with E-state index in [1.165, 1.54) is 12.1 Å². The van der Waals surface area contributed by atoms with Gasteiger partial charge in [-0.2, -0.15) is 0 Å². The first-order chi connectivity index (χ1) is 13.1. The zero-order valence-electron chi connectivity index (χ0n) is 14.7. The minimum atomic E-state index is -0.286. The van der Waals surface area contributed by atoms with Crippen LogP contribution in [0.2, 0.25) is 0 Å². The van der Waals surface area contributed by atoms with Gasteiger partial charge < -0.3 is 14.5 Å². The number of aromatic nitrogens is 3. The van der Waals surface area contributed by atoms with Gasteiger partial charge in [-0.1, -0.05) is 12.1 Å². The molecule has 0 atom stereocenters. The van der Waals surface area contributed by atoms with Crippen LogP contribution in [0.15, 0.2) is 54.9 Å². The van der Waals surface area contributed by atoms with Crippen molar-refractivity contribution < 1.29 is 13.9 Å². The Labute approximate surface area is 160 Å². The van der Waals surface area contributed by atoms with Gasteiger partial charge >= 0.3 is 0 Å². The van der Waals surface area contributed by atoms with Crippen molar-refractivity contribution in [2.75, 3.05) is 14.2 Å². The summed E-state index contributed by atoms with van der Waals surface area (Å²) in [6, 6.07) is 11.9. The van der Waals surface area contributed by atoms with E-state index < -0.39 is 0 Å². The summed E-state index contributed by atoms with van der Waals surface area (Å²) in [6.07, 6.45) is 3.57. The van der Waals surface area contributed by atoms with Crippen LogP contribution in [0, 0.1) is 10.6 Å². The minimum Gasteiger partial charge on any atom is -0.497 e. The molecular formula is C20H16FN3O2S. The normalized spacial score (nSPS) is 10.9. The molecule has 0 fully saturated rings. The molecule has 5 nitrogen and oxygen atoms in total. The van der Waals surface area contributed by atoms with Crippen LogP contribution in [0.5, 0.6) is 11.5 Å². The number of hydrogen-bond acceptors (Lipinski definition) is 4. The Bertz CT molecular complexity index is 1180. The molecule has 7 heteroatoms. The van der Waals surface area contributed by atoms with Gasteiger partial charge in [0.25, 0.3) is 0 Å². The van der Waals surface area contributed by atoms with Crippen molar-refractivity contribution in [2.45, 2.75) is 0 Å². The Morgan fingerprint density at radius 1 is 1.04 bits per heavy atom. The molecule has 27 heavy (non-hydrogen) atoms. The fourth-order valence-electron chi connectivity index (χ4n) is 3.00. The van der Waals surface area contributed by atoms with Crippen LogP contribution in [0.25, 0.3) is 28.0 Å². The topological polar surface area (TPSA) is 51.5 Å². The van der Waals surface area contributed by atoms with E-state index >= 15 is 0 Å². The third-order valence-corrected chi connectivity index (χ3v) is 4.67. The molecule has 136 valence electrons. The SMILES string of the molecule is COc1ccc(-c2cn3c(=S)ncc(-c4ccc(F)cc4)c3[nH]2)c(OC)c1. The Balaban J connectivity index is 1.92. The number of methoxy groups -OCH3 is 2. The molecule has 0 aliphatic heterocycles. The molecule has 2 aromatic carbocycles. The molecule has 0 saturated carbocycles. The molecular weight excluding hydrogens is 365 g/mol. The number of imidazole rings is 1. The number of fused-ring (bicyclic) bond motifs is 1. The summed E-state index contributed by atoms with van der Waals surface area (Å²) in [6.45, 7) is 0. The second-order valence-corrected chi connectivity index (χ2v) is 6.28. The van der Waals surface area contributed by atoms with Crippen molar-refractivity contribution in [3.05, 3.63) is 65.4 Å². The highest BCUT2D eigenvalue weighted by atomic mass is 32.1. The molecule has 0 aliphatic carbocycles. The molecule has 0 amide bonds. The number of aromatic amines is 1. The number of H-pyrrole nitrogens is 1. The van der Waals surface area contributed by atoms with Gasteiger partial charge in [-0.15, -0.1) is 0 Å². The number of hydrogen-bond donors (Lipinski definition) is 1. The average molecular weight is 381 g/mol. The predicted molar refractivity (Wildman–Crippen MR) is 104 cm³/mol. The van der Waals surface area contributed by atoms with Gasteiger partial charge in [0.05, 0.1) is 19.9 Å². The number of benzene rings is 2. The highest BCUT2D eigenvalue weighted by Crippen LogP contribution is 2.34. The molecule has 1 N–H and O–H groups in total. The van der Waals surface area contributed by atoms with Crippen LogP contribution in [0.4, 0.5) is 4.39 Å². The smallest absolute Gasteiger partial charge is 0.205 e. The summed E-state index contributed by atoms with van der Waals surface area (Å²) in [5, 5.41) is 0. The van der Waals surface area contributed by atoms with Crippen molar-refractivity contribution in [2.24, 2.45) is 0 Å². The fourth-order valence-corrected chi connectivity index (χ4v) is 3.20. The molecule has 4 aromatic rings. The Kier molecular flexibility index (Phi) is 4.37. The Morgan fingerprint density at radius 2 is 1.81 bits per heavy atom. The first kappa shape index (κ1) is 17.2. The van der Waals surface area contributed by atoms with Crippen molar-refractivity contribution in [1.82, 2.24) is 14.4 Å². The summed E-state index contributed by atoms with van der Waals surface area (Å²) >= 11 is 5.37. The van der Waals surface area contributed by atoms with E-state index in [1.807, 2.05) is 24.4 Å². The van der Waals surface area contributed by atoms with E-state index in [0.717, 1.165) is 28.0 Å². The maximum Gasteiger partial charge on any atom is 0.205 e. The van der Waals surface area contributed by atoms with E-state index in [4.69, 9.17) is 21.7 Å². The van der Waals surface area contributed by atoms with E-state index in [0.29, 0.717) is 16.3 Å². The predicted octanol–water partition coefficient (Wildman–Crippen LogP) is 4.88. The summed E-state index contributed by atoms with van der Waals surface area (Å²) in [4.78, 5) is 7.68. The second kappa shape index (κ2) is 6.85. The van der Waals surface area contributed by atoms with Crippen LogP contribution in [0.3, 0.4) is 0 Å². The lowest BCUT2D eigenvalue weighted by molar-refractivity contribution is 0.395. The van der Waals surface area contributed by atoms with Crippen LogP contribution < -0.4 is 9.47 Å².